The number of aromatic nitrogens is 1. The lowest BCUT2D eigenvalue weighted by Crippen LogP contribution is -2.52. The minimum absolute atomic E-state index is 0.0282. The number of carbonyl (C=O) groups is 1. The van der Waals surface area contributed by atoms with Gasteiger partial charge in [-0.25, -0.2) is 0 Å². The summed E-state index contributed by atoms with van der Waals surface area (Å²) in [7, 11) is 0. The van der Waals surface area contributed by atoms with Gasteiger partial charge in [0.1, 0.15) is 42.1 Å². The molecular formula is C41H47ClN4O7. The van der Waals surface area contributed by atoms with Crippen LogP contribution in [-0.4, -0.2) is 75.7 Å². The molecule has 0 spiro atoms. The third-order valence-electron chi connectivity index (χ3n) is 9.74. The van der Waals surface area contributed by atoms with Gasteiger partial charge in [0.15, 0.2) is 0 Å². The smallest absolute Gasteiger partial charge is 0.326 e. The lowest BCUT2D eigenvalue weighted by molar-refractivity contribution is -0.145. The van der Waals surface area contributed by atoms with Crippen molar-refractivity contribution in [3.05, 3.63) is 105 Å². The van der Waals surface area contributed by atoms with Crippen LogP contribution < -0.4 is 19.5 Å². The molecule has 1 aliphatic heterocycles. The Kier molecular flexibility index (Phi) is 13.3. The second-order valence-corrected chi connectivity index (χ2v) is 14.1. The van der Waals surface area contributed by atoms with Crippen molar-refractivity contribution in [2.45, 2.75) is 71.9 Å². The van der Waals surface area contributed by atoms with E-state index in [9.17, 15) is 25.4 Å². The molecule has 1 unspecified atom stereocenters. The Morgan fingerprint density at radius 1 is 1.04 bits per heavy atom. The second-order valence-electron chi connectivity index (χ2n) is 13.7. The van der Waals surface area contributed by atoms with Gasteiger partial charge in [-0.3, -0.25) is 15.1 Å². The average molecular weight is 743 g/mol. The van der Waals surface area contributed by atoms with Crippen molar-refractivity contribution in [2.75, 3.05) is 32.8 Å². The third kappa shape index (κ3) is 9.84. The molecular weight excluding hydrogens is 696 g/mol. The van der Waals surface area contributed by atoms with Gasteiger partial charge in [0.2, 0.25) is 0 Å². The van der Waals surface area contributed by atoms with E-state index in [4.69, 9.17) is 25.8 Å². The van der Waals surface area contributed by atoms with Crippen LogP contribution in [0.3, 0.4) is 0 Å². The predicted molar refractivity (Wildman–Crippen MR) is 202 cm³/mol. The number of aryl methyl sites for hydroxylation is 1. The van der Waals surface area contributed by atoms with E-state index in [0.717, 1.165) is 71.6 Å². The minimum Gasteiger partial charge on any atom is -0.493 e. The number of aliphatic hydroxyl groups excluding tert-OH is 2. The number of benzene rings is 3. The van der Waals surface area contributed by atoms with Crippen LogP contribution in [0.15, 0.2) is 60.9 Å². The largest absolute Gasteiger partial charge is 0.493 e. The van der Waals surface area contributed by atoms with E-state index in [1.165, 1.54) is 13.1 Å². The van der Waals surface area contributed by atoms with Crippen molar-refractivity contribution in [1.29, 1.82) is 5.26 Å². The molecule has 4 N–H and O–H groups in total. The van der Waals surface area contributed by atoms with Gasteiger partial charge in [-0.2, -0.15) is 5.26 Å². The van der Waals surface area contributed by atoms with Crippen LogP contribution in [0.1, 0.15) is 58.7 Å². The first kappa shape index (κ1) is 39.5. The molecule has 0 amide bonds. The van der Waals surface area contributed by atoms with Crippen LogP contribution in [0, 0.1) is 32.1 Å². The molecule has 4 aromatic rings. The highest BCUT2D eigenvalue weighted by molar-refractivity contribution is 6.32. The fourth-order valence-corrected chi connectivity index (χ4v) is 6.63. The number of ether oxygens (including phenoxy) is 3. The molecule has 1 aliphatic rings. The zero-order valence-corrected chi connectivity index (χ0v) is 31.4. The van der Waals surface area contributed by atoms with Gasteiger partial charge in [-0.15, -0.1) is 0 Å². The zero-order chi connectivity index (χ0) is 38.1. The molecule has 1 fully saturated rings. The SMILES string of the molecule is Cc1ccc(OCCCN2CCC(O)C2)c(C)c1-c1cccc(COc2cc(OCc3cncc(C#N)c3)c(CN[C@](C)(CO)C(=O)O)cc2Cl)c1C. The molecule has 3 aromatic carbocycles. The van der Waals surface area contributed by atoms with Crippen molar-refractivity contribution in [2.24, 2.45) is 0 Å². The molecule has 280 valence electrons. The van der Waals surface area contributed by atoms with E-state index in [0.29, 0.717) is 39.8 Å². The molecule has 0 radical (unpaired) electrons. The maximum Gasteiger partial charge on any atom is 0.326 e. The predicted octanol–water partition coefficient (Wildman–Crippen LogP) is 6.12. The summed E-state index contributed by atoms with van der Waals surface area (Å²) >= 11 is 6.74. The minimum atomic E-state index is -1.59. The maximum absolute atomic E-state index is 11.8. The molecule has 53 heavy (non-hydrogen) atoms. The summed E-state index contributed by atoms with van der Waals surface area (Å²) in [5.74, 6) is 0.398. The molecule has 1 saturated heterocycles. The van der Waals surface area contributed by atoms with Crippen LogP contribution in [-0.2, 0) is 24.6 Å². The van der Waals surface area contributed by atoms with Crippen LogP contribution in [0.2, 0.25) is 5.02 Å². The summed E-state index contributed by atoms with van der Waals surface area (Å²) in [6, 6.07) is 17.3. The first-order valence-corrected chi connectivity index (χ1v) is 18.0. The third-order valence-corrected chi connectivity index (χ3v) is 10.0. The Morgan fingerprint density at radius 3 is 2.55 bits per heavy atom. The van der Waals surface area contributed by atoms with Gasteiger partial charge >= 0.3 is 5.97 Å². The molecule has 2 heterocycles. The highest BCUT2D eigenvalue weighted by atomic mass is 35.5. The van der Waals surface area contributed by atoms with E-state index < -0.39 is 18.1 Å². The number of β-amino-alcohol motifs (C(OH)–C–C–N with tert-alkyl or cyclic N) is 1. The highest BCUT2D eigenvalue weighted by Crippen LogP contribution is 2.38. The molecule has 5 rings (SSSR count). The number of rotatable bonds is 17. The van der Waals surface area contributed by atoms with Gasteiger partial charge < -0.3 is 34.4 Å². The number of halogens is 1. The number of aliphatic hydroxyl groups is 2. The number of nitriles is 1. The standard InChI is InChI=1S/C41H47ClN4O7/c1-26-9-10-36(51-14-6-12-46-13-11-33(48)22-46)28(3)39(26)34-8-5-7-31(27(34)2)24-53-38-17-37(52-23-30-15-29(18-43)19-44-20-30)32(16-35(38)42)21-45-41(4,25-47)40(49)50/h5,7-10,15-17,19-20,33,45,47-48H,6,11-14,21-25H2,1-4H3,(H,49,50)/t33?,41-/m1/s1. The van der Waals surface area contributed by atoms with Crippen LogP contribution >= 0.6 is 11.6 Å². The Morgan fingerprint density at radius 2 is 1.83 bits per heavy atom. The number of pyridine rings is 1. The fraction of sp³-hybridized carbons (Fsp3) is 0.390. The number of hydrogen-bond donors (Lipinski definition) is 4. The number of carboxylic acid groups (broad SMARTS) is 1. The average Bonchev–Trinajstić information content (AvgIpc) is 3.57. The quantitative estimate of drug-likeness (QED) is 0.0925. The van der Waals surface area contributed by atoms with E-state index in [-0.39, 0.29) is 25.9 Å². The summed E-state index contributed by atoms with van der Waals surface area (Å²) in [6.07, 6.45) is 4.55. The first-order chi connectivity index (χ1) is 25.4. The summed E-state index contributed by atoms with van der Waals surface area (Å²) in [6.45, 7) is 10.5. The molecule has 0 aliphatic carbocycles. The van der Waals surface area contributed by atoms with Crippen LogP contribution in [0.4, 0.5) is 0 Å². The van der Waals surface area contributed by atoms with Crippen molar-refractivity contribution in [3.63, 3.8) is 0 Å². The first-order valence-electron chi connectivity index (χ1n) is 17.7. The van der Waals surface area contributed by atoms with Gasteiger partial charge in [0.05, 0.1) is 29.9 Å². The number of carboxylic acids is 1. The van der Waals surface area contributed by atoms with E-state index in [1.807, 2.05) is 18.2 Å². The number of likely N-dealkylation sites (tertiary alicyclic amines) is 1. The fourth-order valence-electron chi connectivity index (χ4n) is 6.39. The summed E-state index contributed by atoms with van der Waals surface area (Å²) in [5.41, 5.74) is 6.42. The monoisotopic (exact) mass is 742 g/mol. The van der Waals surface area contributed by atoms with Crippen molar-refractivity contribution in [3.8, 4) is 34.4 Å². The van der Waals surface area contributed by atoms with Crippen molar-refractivity contribution < 1.29 is 34.3 Å². The van der Waals surface area contributed by atoms with Gasteiger partial charge in [-0.05, 0) is 92.1 Å². The van der Waals surface area contributed by atoms with E-state index in [1.54, 1.807) is 24.4 Å². The van der Waals surface area contributed by atoms with E-state index >= 15 is 0 Å². The topological polar surface area (TPSA) is 157 Å². The van der Waals surface area contributed by atoms with E-state index in [2.05, 4.69) is 54.2 Å². The highest BCUT2D eigenvalue weighted by Gasteiger charge is 2.32. The number of aliphatic carboxylic acids is 1. The lowest BCUT2D eigenvalue weighted by atomic mass is 9.90. The van der Waals surface area contributed by atoms with Gasteiger partial charge in [0.25, 0.3) is 0 Å². The number of nitrogens with zero attached hydrogens (tertiary/aromatic N) is 3. The van der Waals surface area contributed by atoms with Crippen molar-refractivity contribution >= 4 is 17.6 Å². The van der Waals surface area contributed by atoms with Crippen molar-refractivity contribution in [1.82, 2.24) is 15.2 Å². The van der Waals surface area contributed by atoms with Crippen LogP contribution in [0.5, 0.6) is 17.2 Å². The zero-order valence-electron chi connectivity index (χ0n) is 30.6. The Labute approximate surface area is 315 Å². The molecule has 1 aromatic heterocycles. The number of hydrogen-bond acceptors (Lipinski definition) is 10. The lowest BCUT2D eigenvalue weighted by Gasteiger charge is -2.25. The Balaban J connectivity index is 1.34. The molecule has 2 atom stereocenters. The number of nitrogens with one attached hydrogen (secondary N) is 1. The summed E-state index contributed by atoms with van der Waals surface area (Å²) in [5, 5.41) is 41.7. The maximum atomic E-state index is 11.8. The molecule has 0 bridgehead atoms. The molecule has 11 nitrogen and oxygen atoms in total. The van der Waals surface area contributed by atoms with Gasteiger partial charge in [-0.1, -0.05) is 35.9 Å². The Hall–Kier alpha value is -4.70. The Bertz CT molecular complexity index is 1970. The van der Waals surface area contributed by atoms with Gasteiger partial charge in [0, 0.05) is 55.8 Å². The summed E-state index contributed by atoms with van der Waals surface area (Å²) < 4.78 is 18.7. The molecule has 12 heteroatoms. The molecule has 0 saturated carbocycles. The van der Waals surface area contributed by atoms with Crippen LogP contribution in [0.25, 0.3) is 11.1 Å². The summed E-state index contributed by atoms with van der Waals surface area (Å²) in [4.78, 5) is 18.2. The second kappa shape index (κ2) is 17.9. The normalized spacial score (nSPS) is 15.5.